The Hall–Kier alpha value is -3.19. The number of nitrogens with one attached hydrogen (secondary N) is 2. The monoisotopic (exact) mass is 545 g/mol. The Labute approximate surface area is 229 Å². The Balaban J connectivity index is 2.37. The fourth-order valence-electron chi connectivity index (χ4n) is 3.81. The number of terminal acetylenes is 1. The number of amides is 3. The number of rotatable bonds is 13. The van der Waals surface area contributed by atoms with Gasteiger partial charge in [0.15, 0.2) is 0 Å². The maximum Gasteiger partial charge on any atom is 0.408 e. The van der Waals surface area contributed by atoms with Crippen LogP contribution >= 0.6 is 11.8 Å². The van der Waals surface area contributed by atoms with Crippen LogP contribution in [0.3, 0.4) is 0 Å². The molecule has 0 saturated heterocycles. The van der Waals surface area contributed by atoms with Crippen molar-refractivity contribution in [3.63, 3.8) is 0 Å². The lowest BCUT2D eigenvalue weighted by Gasteiger charge is -2.34. The summed E-state index contributed by atoms with van der Waals surface area (Å²) in [4.78, 5) is 53.5. The molecule has 9 nitrogen and oxygen atoms in total. The zero-order chi connectivity index (χ0) is 28.3. The minimum atomic E-state index is -0.971. The van der Waals surface area contributed by atoms with Crippen LogP contribution in [0.5, 0.6) is 0 Å². The Kier molecular flexibility index (Phi) is 12.0. The molecule has 3 amide bonds. The summed E-state index contributed by atoms with van der Waals surface area (Å²) in [6.07, 6.45) is 8.59. The molecule has 1 aliphatic rings. The minimum absolute atomic E-state index is 0.0102. The smallest absolute Gasteiger partial charge is 0.408 e. The molecule has 0 aliphatic heterocycles. The van der Waals surface area contributed by atoms with Crippen LogP contribution in [0.25, 0.3) is 0 Å². The third-order valence-electron chi connectivity index (χ3n) is 5.65. The number of hydrogen-bond donors (Lipinski definition) is 2. The second kappa shape index (κ2) is 14.7. The summed E-state index contributed by atoms with van der Waals surface area (Å²) in [5.74, 6) is 1.97. The first kappa shape index (κ1) is 31.0. The van der Waals surface area contributed by atoms with Crippen molar-refractivity contribution in [2.24, 2.45) is 0 Å². The van der Waals surface area contributed by atoms with Gasteiger partial charge >= 0.3 is 12.1 Å². The van der Waals surface area contributed by atoms with Crippen molar-refractivity contribution in [2.45, 2.75) is 77.1 Å². The molecule has 0 aromatic heterocycles. The predicted molar refractivity (Wildman–Crippen MR) is 147 cm³/mol. The number of alkyl carbamates (subject to hydrolysis) is 1. The Bertz CT molecular complexity index is 1010. The molecule has 208 valence electrons. The minimum Gasteiger partial charge on any atom is -0.466 e. The Morgan fingerprint density at radius 3 is 2.37 bits per heavy atom. The lowest BCUT2D eigenvalue weighted by atomic mass is 10.0. The van der Waals surface area contributed by atoms with Crippen molar-refractivity contribution >= 4 is 35.6 Å². The fourth-order valence-corrected chi connectivity index (χ4v) is 4.28. The van der Waals surface area contributed by atoms with Gasteiger partial charge in [-0.25, -0.2) is 4.79 Å². The van der Waals surface area contributed by atoms with E-state index < -0.39 is 35.7 Å². The maximum atomic E-state index is 14.0. The molecule has 2 rings (SSSR count). The van der Waals surface area contributed by atoms with Gasteiger partial charge in [-0.3, -0.25) is 14.4 Å². The zero-order valence-electron chi connectivity index (χ0n) is 22.9. The number of hydrogen-bond acceptors (Lipinski definition) is 7. The fraction of sp³-hybridized carbons (Fsp3) is 0.571. The van der Waals surface area contributed by atoms with E-state index in [1.807, 2.05) is 6.26 Å². The zero-order valence-corrected chi connectivity index (χ0v) is 23.7. The molecule has 0 radical (unpaired) electrons. The Morgan fingerprint density at radius 1 is 1.18 bits per heavy atom. The van der Waals surface area contributed by atoms with Gasteiger partial charge in [0.05, 0.1) is 13.0 Å². The summed E-state index contributed by atoms with van der Waals surface area (Å²) < 4.78 is 10.3. The van der Waals surface area contributed by atoms with Gasteiger partial charge in [-0.1, -0.05) is 18.1 Å². The van der Waals surface area contributed by atoms with Gasteiger partial charge in [0.2, 0.25) is 11.8 Å². The molecule has 1 aliphatic carbocycles. The van der Waals surface area contributed by atoms with Crippen LogP contribution in [0.15, 0.2) is 24.3 Å². The van der Waals surface area contributed by atoms with Gasteiger partial charge in [0, 0.05) is 18.2 Å². The quantitative estimate of drug-likeness (QED) is 0.288. The number of carbonyl (C=O) groups is 4. The lowest BCUT2D eigenvalue weighted by Crippen LogP contribution is -2.54. The second-order valence-electron chi connectivity index (χ2n) is 9.97. The van der Waals surface area contributed by atoms with Crippen molar-refractivity contribution in [1.29, 1.82) is 0 Å². The number of nitrogens with zero attached hydrogens (tertiary/aromatic N) is 1. The third-order valence-corrected chi connectivity index (χ3v) is 6.29. The molecule has 38 heavy (non-hydrogen) atoms. The van der Waals surface area contributed by atoms with Crippen molar-refractivity contribution in [1.82, 2.24) is 15.5 Å². The van der Waals surface area contributed by atoms with Gasteiger partial charge in [0.25, 0.3) is 0 Å². The SMILES string of the molecule is C#Cc1ccc(C(C(=O)NCCC(=O)OCC)N(C(=O)C(CCSC)NC(=O)OC(C)(C)C)C2CC2)cc1. The molecule has 1 aromatic carbocycles. The number of carbonyl (C=O) groups excluding carboxylic acids is 4. The van der Waals surface area contributed by atoms with Gasteiger partial charge in [-0.2, -0.15) is 11.8 Å². The highest BCUT2D eigenvalue weighted by Gasteiger charge is 2.44. The van der Waals surface area contributed by atoms with E-state index in [0.29, 0.717) is 23.3 Å². The molecule has 1 saturated carbocycles. The average molecular weight is 546 g/mol. The molecule has 10 heteroatoms. The normalized spacial score (nSPS) is 14.4. The topological polar surface area (TPSA) is 114 Å². The Morgan fingerprint density at radius 2 is 1.84 bits per heavy atom. The molecule has 0 spiro atoms. The van der Waals surface area contributed by atoms with Gasteiger partial charge in [-0.05, 0) is 76.7 Å². The van der Waals surface area contributed by atoms with E-state index in [1.54, 1.807) is 68.6 Å². The van der Waals surface area contributed by atoms with Crippen LogP contribution in [0, 0.1) is 12.3 Å². The molecule has 2 unspecified atom stereocenters. The first-order chi connectivity index (χ1) is 18.0. The molecule has 0 bridgehead atoms. The van der Waals surface area contributed by atoms with Gasteiger partial charge in [-0.15, -0.1) is 6.42 Å². The number of benzene rings is 1. The summed E-state index contributed by atoms with van der Waals surface area (Å²) in [6, 6.07) is 4.88. The number of esters is 1. The van der Waals surface area contributed by atoms with Crippen LogP contribution in [-0.4, -0.2) is 71.6 Å². The van der Waals surface area contributed by atoms with Crippen LogP contribution in [0.1, 0.15) is 70.5 Å². The average Bonchev–Trinajstić information content (AvgIpc) is 3.69. The second-order valence-corrected chi connectivity index (χ2v) is 11.0. The molecule has 1 aromatic rings. The molecule has 2 N–H and O–H groups in total. The van der Waals surface area contributed by atoms with Crippen LogP contribution < -0.4 is 10.6 Å². The van der Waals surface area contributed by atoms with Crippen molar-refractivity contribution in [3.8, 4) is 12.3 Å². The van der Waals surface area contributed by atoms with Gasteiger partial charge < -0.3 is 25.0 Å². The molecule has 0 heterocycles. The highest BCUT2D eigenvalue weighted by atomic mass is 32.2. The van der Waals surface area contributed by atoms with Gasteiger partial charge in [0.1, 0.15) is 17.7 Å². The first-order valence-electron chi connectivity index (χ1n) is 12.8. The van der Waals surface area contributed by atoms with E-state index >= 15 is 0 Å². The maximum absolute atomic E-state index is 14.0. The number of thioether (sulfide) groups is 1. The van der Waals surface area contributed by atoms with E-state index in [9.17, 15) is 19.2 Å². The summed E-state index contributed by atoms with van der Waals surface area (Å²) in [5.41, 5.74) is 0.496. The van der Waals surface area contributed by atoms with Crippen molar-refractivity contribution < 1.29 is 28.7 Å². The van der Waals surface area contributed by atoms with E-state index in [2.05, 4.69) is 16.6 Å². The van der Waals surface area contributed by atoms with Crippen LogP contribution in [-0.2, 0) is 23.9 Å². The van der Waals surface area contributed by atoms with Crippen molar-refractivity contribution in [2.75, 3.05) is 25.2 Å². The van der Waals surface area contributed by atoms with E-state index in [4.69, 9.17) is 15.9 Å². The molecular formula is C28H39N3O6S. The molecular weight excluding hydrogens is 506 g/mol. The summed E-state index contributed by atoms with van der Waals surface area (Å²) in [5, 5.41) is 5.50. The summed E-state index contributed by atoms with van der Waals surface area (Å²) in [6.45, 7) is 7.28. The molecule has 2 atom stereocenters. The third kappa shape index (κ3) is 9.93. The highest BCUT2D eigenvalue weighted by molar-refractivity contribution is 7.98. The van der Waals surface area contributed by atoms with Crippen molar-refractivity contribution in [3.05, 3.63) is 35.4 Å². The summed E-state index contributed by atoms with van der Waals surface area (Å²) in [7, 11) is 0. The number of ether oxygens (including phenoxy) is 2. The van der Waals surface area contributed by atoms with E-state index in [1.165, 1.54) is 0 Å². The standard InChI is InChI=1S/C28H39N3O6S/c1-7-19-9-11-20(12-10-19)24(25(33)29-17-15-23(32)36-8-2)31(21-13-14-21)26(34)22(16-18-38-6)30-27(35)37-28(3,4)5/h1,9-12,21-22,24H,8,13-18H2,2-6H3,(H,29,33)(H,30,35). The predicted octanol–water partition coefficient (Wildman–Crippen LogP) is 3.42. The largest absolute Gasteiger partial charge is 0.466 e. The van der Waals surface area contributed by atoms with E-state index in [-0.39, 0.29) is 31.5 Å². The van der Waals surface area contributed by atoms with Crippen LogP contribution in [0.4, 0.5) is 4.79 Å². The lowest BCUT2D eigenvalue weighted by molar-refractivity contribution is -0.144. The summed E-state index contributed by atoms with van der Waals surface area (Å²) >= 11 is 1.55. The first-order valence-corrected chi connectivity index (χ1v) is 14.2. The highest BCUT2D eigenvalue weighted by Crippen LogP contribution is 2.36. The molecule has 1 fully saturated rings. The van der Waals surface area contributed by atoms with Crippen LogP contribution in [0.2, 0.25) is 0 Å². The van der Waals surface area contributed by atoms with E-state index in [0.717, 1.165) is 12.8 Å².